The molecule has 1 heterocycles. The Morgan fingerprint density at radius 2 is 1.13 bits per heavy atom. The molecule has 0 aliphatic heterocycles. The molecule has 3 aliphatic rings. The van der Waals surface area contributed by atoms with Gasteiger partial charge in [-0.05, 0) is 166 Å². The molecule has 364 valence electrons. The van der Waals surface area contributed by atoms with Crippen molar-refractivity contribution in [1.82, 2.24) is 0 Å². The number of nitrogens with zero attached hydrogens (tertiary/aromatic N) is 2. The molecule has 0 bridgehead atoms. The van der Waals surface area contributed by atoms with Gasteiger partial charge in [-0.15, -0.1) is 0 Å². The molecule has 9 aromatic carbocycles. The molecule has 0 spiro atoms. The van der Waals surface area contributed by atoms with Gasteiger partial charge < -0.3 is 14.2 Å². The van der Waals surface area contributed by atoms with E-state index in [1.807, 2.05) is 0 Å². The topological polar surface area (TPSA) is 19.6 Å². The first-order valence-corrected chi connectivity index (χ1v) is 26.6. The van der Waals surface area contributed by atoms with E-state index in [0.29, 0.717) is 6.42 Å². The molecule has 0 N–H and O–H groups in total. The summed E-state index contributed by atoms with van der Waals surface area (Å²) >= 11 is 0. The van der Waals surface area contributed by atoms with E-state index in [0.717, 1.165) is 109 Å². The first-order chi connectivity index (χ1) is 37.3. The van der Waals surface area contributed by atoms with Crippen molar-refractivity contribution in [2.45, 2.75) is 52.9 Å². The molecular weight excluding hydrogens is 921 g/mol. The Morgan fingerprint density at radius 3 is 1.79 bits per heavy atom. The highest BCUT2D eigenvalue weighted by Gasteiger charge is 2.25. The second-order valence-electron chi connectivity index (χ2n) is 21.2. The zero-order valence-corrected chi connectivity index (χ0v) is 43.2. The highest BCUT2D eigenvalue weighted by atomic mass is 16.3. The lowest BCUT2D eigenvalue weighted by atomic mass is 9.79. The quantitative estimate of drug-likeness (QED) is 0.127. The van der Waals surface area contributed by atoms with Gasteiger partial charge in [-0.3, -0.25) is 0 Å². The maximum absolute atomic E-state index is 6.91. The molecular formula is C73H56N2O. The highest BCUT2D eigenvalue weighted by Crippen LogP contribution is 2.45. The van der Waals surface area contributed by atoms with E-state index in [1.54, 1.807) is 0 Å². The van der Waals surface area contributed by atoms with Gasteiger partial charge in [0.2, 0.25) is 0 Å². The Hall–Kier alpha value is -9.28. The smallest absolute Gasteiger partial charge is 0.136 e. The summed E-state index contributed by atoms with van der Waals surface area (Å²) in [6, 6.07) is 74.9. The zero-order chi connectivity index (χ0) is 51.2. The van der Waals surface area contributed by atoms with Crippen LogP contribution >= 0.6 is 0 Å². The fourth-order valence-electron chi connectivity index (χ4n) is 11.3. The maximum Gasteiger partial charge on any atom is 0.136 e. The van der Waals surface area contributed by atoms with Crippen LogP contribution in [0.4, 0.5) is 28.4 Å². The van der Waals surface area contributed by atoms with Crippen LogP contribution in [-0.2, 0) is 6.42 Å². The van der Waals surface area contributed by atoms with Crippen molar-refractivity contribution >= 4 is 78.4 Å². The number of allylic oxidation sites excluding steroid dienone is 9. The second-order valence-corrected chi connectivity index (χ2v) is 21.2. The number of furan rings is 1. The Kier molecular flexibility index (Phi) is 12.0. The van der Waals surface area contributed by atoms with Gasteiger partial charge in [0.05, 0.1) is 22.8 Å². The van der Waals surface area contributed by atoms with Crippen molar-refractivity contribution in [1.29, 1.82) is 0 Å². The van der Waals surface area contributed by atoms with Crippen LogP contribution in [0.15, 0.2) is 234 Å². The summed E-state index contributed by atoms with van der Waals surface area (Å²) in [5.41, 5.74) is 21.4. The SMILES string of the molecule is CC(C)(C)C1=CC=C(c2ccccc2N(C2=Cc3cc4oc5cc6cc(N(c7cccc(-c8ccccc8)c7)c7ccccc7C7=CC=CCC7)c#cc6cc5c4cc3CC#C2)c2cccc(-c3ccccc3)c2)CC1. The average Bonchev–Trinajstić information content (AvgIpc) is 3.72. The minimum Gasteiger partial charge on any atom is -0.456 e. The molecule has 0 radical (unpaired) electrons. The van der Waals surface area contributed by atoms with Crippen LogP contribution in [0.25, 0.3) is 72.2 Å². The lowest BCUT2D eigenvalue weighted by Crippen LogP contribution is -2.17. The molecule has 1 aromatic heterocycles. The second kappa shape index (κ2) is 19.5. The molecule has 0 amide bonds. The van der Waals surface area contributed by atoms with E-state index >= 15 is 0 Å². The molecule has 0 fully saturated rings. The molecule has 3 heteroatoms. The lowest BCUT2D eigenvalue weighted by molar-refractivity contribution is 0.482. The number of rotatable bonds is 10. The molecule has 0 saturated heterocycles. The van der Waals surface area contributed by atoms with Gasteiger partial charge >= 0.3 is 0 Å². The third-order valence-corrected chi connectivity index (χ3v) is 15.3. The van der Waals surface area contributed by atoms with Crippen LogP contribution in [0.5, 0.6) is 0 Å². The lowest BCUT2D eigenvalue weighted by Gasteiger charge is -2.30. The van der Waals surface area contributed by atoms with Crippen molar-refractivity contribution in [3.05, 3.63) is 264 Å². The maximum atomic E-state index is 6.91. The summed E-state index contributed by atoms with van der Waals surface area (Å²) < 4.78 is 6.91. The molecule has 3 aliphatic carbocycles. The molecule has 0 saturated carbocycles. The zero-order valence-electron chi connectivity index (χ0n) is 43.2. The van der Waals surface area contributed by atoms with Gasteiger partial charge in [0, 0.05) is 45.1 Å². The first-order valence-electron chi connectivity index (χ1n) is 26.6. The van der Waals surface area contributed by atoms with Crippen LogP contribution < -0.4 is 9.80 Å². The fourth-order valence-corrected chi connectivity index (χ4v) is 11.3. The Morgan fingerprint density at radius 1 is 0.513 bits per heavy atom. The van der Waals surface area contributed by atoms with Gasteiger partial charge in [-0.25, -0.2) is 0 Å². The van der Waals surface area contributed by atoms with Gasteiger partial charge in [-0.2, -0.15) is 0 Å². The van der Waals surface area contributed by atoms with Crippen molar-refractivity contribution in [2.75, 3.05) is 9.80 Å². The Labute approximate surface area is 446 Å². The largest absolute Gasteiger partial charge is 0.456 e. The normalized spacial score (nSPS) is 14.1. The third-order valence-electron chi connectivity index (χ3n) is 15.3. The number of benzene rings is 8. The standard InChI is InChI=1S/C73H56N2O/c1-73(2,3)60-39-36-53(37-40-60)66-33-14-16-35-70(66)74(61-29-17-26-54(42-61)50-20-7-4-8-21-50)63-31-19-28-56-46-67-68-47-57-38-41-64(45-59(57)49-72(68)76-71(67)48-58(56)44-63)75(62-30-18-27-55(43-62)51-22-9-5-10-23-51)69-34-15-13-32-65(69)52-24-11-6-12-25-52/h4-11,13-18,20-24,26-27,29-30,32-36,39,42-49H,12,25,28,37,40H2,1-3H3. The van der Waals surface area contributed by atoms with E-state index in [-0.39, 0.29) is 5.41 Å². The molecule has 13 rings (SSSR count). The Balaban J connectivity index is 0.922. The van der Waals surface area contributed by atoms with Crippen LogP contribution in [0.1, 0.15) is 68.7 Å². The van der Waals surface area contributed by atoms with Gasteiger partial charge in [0.15, 0.2) is 0 Å². The van der Waals surface area contributed by atoms with Crippen molar-refractivity contribution in [3.63, 3.8) is 0 Å². The predicted octanol–water partition coefficient (Wildman–Crippen LogP) is 19.8. The van der Waals surface area contributed by atoms with Crippen molar-refractivity contribution in [2.24, 2.45) is 5.41 Å². The van der Waals surface area contributed by atoms with Gasteiger partial charge in [0.1, 0.15) is 11.2 Å². The fraction of sp³-hybridized carbons (Fsp3) is 0.123. The minimum atomic E-state index is 0.134. The third kappa shape index (κ3) is 8.91. The summed E-state index contributed by atoms with van der Waals surface area (Å²) in [5, 5.41) is 4.13. The van der Waals surface area contributed by atoms with Crippen molar-refractivity contribution in [3.8, 4) is 34.1 Å². The van der Waals surface area contributed by atoms with E-state index < -0.39 is 0 Å². The minimum absolute atomic E-state index is 0.134. The first kappa shape index (κ1) is 46.5. The summed E-state index contributed by atoms with van der Waals surface area (Å²) in [5.74, 6) is 7.30. The summed E-state index contributed by atoms with van der Waals surface area (Å²) in [4.78, 5) is 4.71. The number of para-hydroxylation sites is 2. The monoisotopic (exact) mass is 976 g/mol. The van der Waals surface area contributed by atoms with Crippen LogP contribution in [0.2, 0.25) is 0 Å². The van der Waals surface area contributed by atoms with Gasteiger partial charge in [-0.1, -0.05) is 190 Å². The molecule has 3 nitrogen and oxygen atoms in total. The Bertz CT molecular complexity index is 4120. The number of fused-ring (bicyclic) bond motifs is 5. The number of anilines is 5. The number of hydrogen-bond donors (Lipinski definition) is 0. The molecule has 10 aromatic rings. The van der Waals surface area contributed by atoms with E-state index in [9.17, 15) is 0 Å². The van der Waals surface area contributed by atoms with E-state index in [2.05, 4.69) is 279 Å². The summed E-state index contributed by atoms with van der Waals surface area (Å²) in [6.45, 7) is 6.94. The molecule has 76 heavy (non-hydrogen) atoms. The number of hydrogen-bond acceptors (Lipinski definition) is 3. The average molecular weight is 977 g/mol. The molecule has 0 unspecified atom stereocenters. The van der Waals surface area contributed by atoms with E-state index in [1.165, 1.54) is 44.5 Å². The summed E-state index contributed by atoms with van der Waals surface area (Å²) in [7, 11) is 0. The van der Waals surface area contributed by atoms with Crippen molar-refractivity contribution < 1.29 is 4.42 Å². The predicted molar refractivity (Wildman–Crippen MR) is 320 cm³/mol. The van der Waals surface area contributed by atoms with E-state index in [4.69, 9.17) is 4.42 Å². The van der Waals surface area contributed by atoms with Gasteiger partial charge in [0.25, 0.3) is 0 Å². The summed E-state index contributed by atoms with van der Waals surface area (Å²) in [6.07, 6.45) is 18.3. The van der Waals surface area contributed by atoms with Crippen LogP contribution in [0, 0.1) is 29.4 Å². The van der Waals surface area contributed by atoms with Crippen LogP contribution in [0.3, 0.4) is 0 Å². The highest BCUT2D eigenvalue weighted by molar-refractivity contribution is 6.11. The van der Waals surface area contributed by atoms with Crippen LogP contribution in [-0.4, -0.2) is 0 Å². The molecule has 0 atom stereocenters.